The molecule has 0 amide bonds. The third kappa shape index (κ3) is 3.43. The van der Waals surface area contributed by atoms with E-state index in [-0.39, 0.29) is 5.75 Å². The van der Waals surface area contributed by atoms with Crippen LogP contribution in [0.3, 0.4) is 0 Å². The number of nitrogens with zero attached hydrogens (tertiary/aromatic N) is 1. The van der Waals surface area contributed by atoms with Crippen molar-refractivity contribution in [3.05, 3.63) is 82.5 Å². The molecule has 0 spiro atoms. The Kier molecular flexibility index (Phi) is 4.26. The lowest BCUT2D eigenvalue weighted by Crippen LogP contribution is -1.90. The van der Waals surface area contributed by atoms with Gasteiger partial charge in [-0.2, -0.15) is 11.3 Å². The van der Waals surface area contributed by atoms with Crippen molar-refractivity contribution in [2.24, 2.45) is 0 Å². The number of halogens is 1. The molecule has 0 atom stereocenters. The minimum absolute atomic E-state index is 0.226. The normalized spacial score (nSPS) is 10.8. The molecule has 0 saturated heterocycles. The summed E-state index contributed by atoms with van der Waals surface area (Å²) in [5.74, 6) is 0.226. The molecule has 4 rings (SSSR count). The highest BCUT2D eigenvalue weighted by molar-refractivity contribution is 7.08. The van der Waals surface area contributed by atoms with Gasteiger partial charge >= 0.3 is 0 Å². The van der Waals surface area contributed by atoms with Crippen LogP contribution < -0.4 is 0 Å². The van der Waals surface area contributed by atoms with Gasteiger partial charge in [-0.3, -0.25) is 0 Å². The van der Waals surface area contributed by atoms with E-state index in [4.69, 9.17) is 16.6 Å². The number of phenols is 1. The Bertz CT molecular complexity index is 964. The highest BCUT2D eigenvalue weighted by Crippen LogP contribution is 2.32. The molecule has 0 radical (unpaired) electrons. The lowest BCUT2D eigenvalue weighted by atomic mass is 10.0. The number of pyridine rings is 1. The zero-order valence-electron chi connectivity index (χ0n) is 13.2. The fraction of sp³-hybridized carbons (Fsp3) is 0. The molecule has 2 aromatic heterocycles. The summed E-state index contributed by atoms with van der Waals surface area (Å²) in [5.41, 5.74) is 5.74. The molecule has 2 nitrogen and oxygen atoms in total. The fourth-order valence-corrected chi connectivity index (χ4v) is 3.58. The average molecular weight is 364 g/mol. The molecule has 0 aliphatic heterocycles. The van der Waals surface area contributed by atoms with Gasteiger partial charge in [0.2, 0.25) is 0 Å². The van der Waals surface area contributed by atoms with Crippen LogP contribution >= 0.6 is 22.9 Å². The predicted octanol–water partition coefficient (Wildman–Crippen LogP) is 6.50. The molecular weight excluding hydrogens is 350 g/mol. The molecule has 0 aliphatic rings. The summed E-state index contributed by atoms with van der Waals surface area (Å²) in [5, 5.41) is 14.6. The number of hydrogen-bond donors (Lipinski definition) is 1. The van der Waals surface area contributed by atoms with Crippen LogP contribution in [-0.4, -0.2) is 10.1 Å². The van der Waals surface area contributed by atoms with Crippen molar-refractivity contribution in [2.45, 2.75) is 0 Å². The van der Waals surface area contributed by atoms with Gasteiger partial charge in [0.1, 0.15) is 5.75 Å². The number of phenolic OH excluding ortho intramolecular Hbond substituents is 1. The number of hydrogen-bond acceptors (Lipinski definition) is 3. The minimum Gasteiger partial charge on any atom is -0.508 e. The number of benzene rings is 2. The van der Waals surface area contributed by atoms with E-state index in [0.717, 1.165) is 33.6 Å². The minimum atomic E-state index is 0.226. The molecule has 1 N–H and O–H groups in total. The molecule has 0 saturated carbocycles. The van der Waals surface area contributed by atoms with Gasteiger partial charge in [0, 0.05) is 21.5 Å². The van der Waals surface area contributed by atoms with E-state index in [9.17, 15) is 5.11 Å². The molecular formula is C21H14ClNOS. The SMILES string of the molecule is Oc1cccc(-c2cc(-c3cccc(Cl)c3)cc(-c3ccsc3)n2)c1. The maximum Gasteiger partial charge on any atom is 0.116 e. The first kappa shape index (κ1) is 15.9. The van der Waals surface area contributed by atoms with Crippen LogP contribution in [-0.2, 0) is 0 Å². The molecule has 2 aromatic carbocycles. The molecule has 0 unspecified atom stereocenters. The third-order valence-corrected chi connectivity index (χ3v) is 4.86. The monoisotopic (exact) mass is 363 g/mol. The maximum atomic E-state index is 9.81. The van der Waals surface area contributed by atoms with Gasteiger partial charge in [-0.25, -0.2) is 4.98 Å². The van der Waals surface area contributed by atoms with E-state index in [0.29, 0.717) is 5.02 Å². The zero-order chi connectivity index (χ0) is 17.2. The van der Waals surface area contributed by atoms with Gasteiger partial charge in [0.25, 0.3) is 0 Å². The van der Waals surface area contributed by atoms with Crippen molar-refractivity contribution in [1.82, 2.24) is 4.98 Å². The number of aromatic hydroxyl groups is 1. The van der Waals surface area contributed by atoms with Gasteiger partial charge in [0.05, 0.1) is 11.4 Å². The van der Waals surface area contributed by atoms with Crippen LogP contribution in [0.2, 0.25) is 5.02 Å². The molecule has 122 valence electrons. The van der Waals surface area contributed by atoms with Crippen LogP contribution in [0.5, 0.6) is 5.75 Å². The molecule has 2 heterocycles. The van der Waals surface area contributed by atoms with Gasteiger partial charge in [-0.1, -0.05) is 35.9 Å². The summed E-state index contributed by atoms with van der Waals surface area (Å²) < 4.78 is 0. The zero-order valence-corrected chi connectivity index (χ0v) is 14.8. The highest BCUT2D eigenvalue weighted by atomic mass is 35.5. The third-order valence-electron chi connectivity index (χ3n) is 3.94. The van der Waals surface area contributed by atoms with Gasteiger partial charge < -0.3 is 5.11 Å². The fourth-order valence-electron chi connectivity index (χ4n) is 2.74. The van der Waals surface area contributed by atoms with Crippen LogP contribution in [0.15, 0.2) is 77.5 Å². The van der Waals surface area contributed by atoms with Crippen LogP contribution in [0.4, 0.5) is 0 Å². The van der Waals surface area contributed by atoms with E-state index in [1.54, 1.807) is 23.5 Å². The van der Waals surface area contributed by atoms with Crippen molar-refractivity contribution in [3.63, 3.8) is 0 Å². The molecule has 4 heteroatoms. The van der Waals surface area contributed by atoms with Crippen molar-refractivity contribution < 1.29 is 5.11 Å². The Morgan fingerprint density at radius 2 is 1.52 bits per heavy atom. The average Bonchev–Trinajstić information content (AvgIpc) is 3.16. The maximum absolute atomic E-state index is 9.81. The molecule has 4 aromatic rings. The summed E-state index contributed by atoms with van der Waals surface area (Å²) in [4.78, 5) is 4.80. The van der Waals surface area contributed by atoms with Crippen molar-refractivity contribution in [3.8, 4) is 39.4 Å². The number of thiophene rings is 1. The molecule has 0 fully saturated rings. The first-order valence-corrected chi connectivity index (χ1v) is 9.11. The van der Waals surface area contributed by atoms with Gasteiger partial charge in [-0.15, -0.1) is 0 Å². The highest BCUT2D eigenvalue weighted by Gasteiger charge is 2.10. The summed E-state index contributed by atoms with van der Waals surface area (Å²) in [6.45, 7) is 0. The topological polar surface area (TPSA) is 33.1 Å². The number of rotatable bonds is 3. The van der Waals surface area contributed by atoms with E-state index in [1.807, 2.05) is 47.8 Å². The molecule has 25 heavy (non-hydrogen) atoms. The summed E-state index contributed by atoms with van der Waals surface area (Å²) in [6.07, 6.45) is 0. The molecule has 0 aliphatic carbocycles. The first-order valence-electron chi connectivity index (χ1n) is 7.79. The van der Waals surface area contributed by atoms with Crippen LogP contribution in [0, 0.1) is 0 Å². The largest absolute Gasteiger partial charge is 0.508 e. The standard InChI is InChI=1S/C21H14ClNOS/c22-18-5-1-3-14(9-18)17-11-20(15-4-2-6-19(24)10-15)23-21(12-17)16-7-8-25-13-16/h1-13,24H. The van der Waals surface area contributed by atoms with E-state index >= 15 is 0 Å². The molecule has 0 bridgehead atoms. The lowest BCUT2D eigenvalue weighted by Gasteiger charge is -2.10. The first-order chi connectivity index (χ1) is 12.2. The Morgan fingerprint density at radius 3 is 2.24 bits per heavy atom. The van der Waals surface area contributed by atoms with Crippen molar-refractivity contribution in [2.75, 3.05) is 0 Å². The Labute approximate surface area is 155 Å². The summed E-state index contributed by atoms with van der Waals surface area (Å²) in [6, 6.07) is 21.1. The second-order valence-electron chi connectivity index (χ2n) is 5.70. The van der Waals surface area contributed by atoms with Crippen molar-refractivity contribution in [1.29, 1.82) is 0 Å². The van der Waals surface area contributed by atoms with Crippen molar-refractivity contribution >= 4 is 22.9 Å². The Hall–Kier alpha value is -2.62. The van der Waals surface area contributed by atoms with Gasteiger partial charge in [0.15, 0.2) is 0 Å². The Morgan fingerprint density at radius 1 is 0.760 bits per heavy atom. The summed E-state index contributed by atoms with van der Waals surface area (Å²) >= 11 is 7.81. The predicted molar refractivity (Wildman–Crippen MR) is 105 cm³/mol. The van der Waals surface area contributed by atoms with E-state index in [1.165, 1.54) is 0 Å². The smallest absolute Gasteiger partial charge is 0.116 e. The lowest BCUT2D eigenvalue weighted by molar-refractivity contribution is 0.475. The van der Waals surface area contributed by atoms with Crippen LogP contribution in [0.25, 0.3) is 33.6 Å². The van der Waals surface area contributed by atoms with Crippen LogP contribution in [0.1, 0.15) is 0 Å². The van der Waals surface area contributed by atoms with Gasteiger partial charge in [-0.05, 0) is 59.0 Å². The van der Waals surface area contributed by atoms with E-state index < -0.39 is 0 Å². The number of aromatic nitrogens is 1. The Balaban J connectivity index is 1.92. The second kappa shape index (κ2) is 6.71. The summed E-state index contributed by atoms with van der Waals surface area (Å²) in [7, 11) is 0. The quantitative estimate of drug-likeness (QED) is 0.450. The second-order valence-corrected chi connectivity index (χ2v) is 6.92. The van der Waals surface area contributed by atoms with E-state index in [2.05, 4.69) is 17.5 Å².